The number of rotatable bonds is 2. The summed E-state index contributed by atoms with van der Waals surface area (Å²) in [7, 11) is 0. The predicted molar refractivity (Wildman–Crippen MR) is 82.1 cm³/mol. The van der Waals surface area contributed by atoms with Crippen LogP contribution in [-0.4, -0.2) is 19.5 Å². The number of fused-ring (bicyclic) bond motifs is 1. The van der Waals surface area contributed by atoms with E-state index in [0.29, 0.717) is 5.95 Å². The normalized spacial score (nSPS) is 13.0. The molecule has 0 radical (unpaired) electrons. The Morgan fingerprint density at radius 2 is 2.00 bits per heavy atom. The molecule has 1 unspecified atom stereocenters. The fourth-order valence-corrected chi connectivity index (χ4v) is 3.53. The van der Waals surface area contributed by atoms with Gasteiger partial charge in [0.15, 0.2) is 5.65 Å². The number of nitrogens with two attached hydrogens (primary N) is 1. The topological polar surface area (TPSA) is 69.6 Å². The van der Waals surface area contributed by atoms with Crippen molar-refractivity contribution in [2.75, 3.05) is 5.73 Å². The second-order valence-corrected chi connectivity index (χ2v) is 6.23. The van der Waals surface area contributed by atoms with E-state index < -0.39 is 0 Å². The van der Waals surface area contributed by atoms with Crippen LogP contribution in [0.15, 0.2) is 12.3 Å². The first-order valence-corrected chi connectivity index (χ1v) is 7.33. The van der Waals surface area contributed by atoms with Crippen molar-refractivity contribution in [3.8, 4) is 0 Å². The number of thiazole rings is 1. The van der Waals surface area contributed by atoms with Crippen LogP contribution in [0.4, 0.5) is 5.95 Å². The number of aryl methyl sites for hydroxylation is 3. The van der Waals surface area contributed by atoms with Gasteiger partial charge in [-0.3, -0.25) is 4.57 Å². The minimum atomic E-state index is 0.0838. The second kappa shape index (κ2) is 4.56. The maximum absolute atomic E-state index is 6.11. The van der Waals surface area contributed by atoms with Gasteiger partial charge in [-0.25, -0.2) is 15.0 Å². The molecule has 0 aliphatic carbocycles. The molecule has 3 heterocycles. The van der Waals surface area contributed by atoms with Crippen LogP contribution in [0.25, 0.3) is 11.2 Å². The van der Waals surface area contributed by atoms with Crippen LogP contribution in [0, 0.1) is 20.8 Å². The molecule has 0 saturated heterocycles. The molecule has 2 N–H and O–H groups in total. The molecule has 0 bridgehead atoms. The molecular formula is C14H17N5S. The lowest BCUT2D eigenvalue weighted by Gasteiger charge is -2.14. The van der Waals surface area contributed by atoms with Crippen LogP contribution in [-0.2, 0) is 0 Å². The largest absolute Gasteiger partial charge is 0.369 e. The lowest BCUT2D eigenvalue weighted by atomic mass is 10.2. The van der Waals surface area contributed by atoms with Gasteiger partial charge in [-0.2, -0.15) is 0 Å². The van der Waals surface area contributed by atoms with Crippen molar-refractivity contribution >= 4 is 28.4 Å². The first-order chi connectivity index (χ1) is 9.49. The number of hydrogen-bond donors (Lipinski definition) is 1. The molecule has 20 heavy (non-hydrogen) atoms. The summed E-state index contributed by atoms with van der Waals surface area (Å²) in [5.74, 6) is 0.500. The number of pyridine rings is 1. The molecule has 0 aliphatic rings. The fourth-order valence-electron chi connectivity index (χ4n) is 2.56. The van der Waals surface area contributed by atoms with Crippen molar-refractivity contribution in [2.24, 2.45) is 0 Å². The highest BCUT2D eigenvalue weighted by Crippen LogP contribution is 2.32. The van der Waals surface area contributed by atoms with Gasteiger partial charge < -0.3 is 5.73 Å². The van der Waals surface area contributed by atoms with Gasteiger partial charge >= 0.3 is 0 Å². The van der Waals surface area contributed by atoms with Crippen molar-refractivity contribution in [3.05, 3.63) is 33.4 Å². The summed E-state index contributed by atoms with van der Waals surface area (Å²) in [6, 6.07) is 2.03. The van der Waals surface area contributed by atoms with E-state index in [1.54, 1.807) is 17.5 Å². The Morgan fingerprint density at radius 1 is 1.25 bits per heavy atom. The minimum absolute atomic E-state index is 0.0838. The molecule has 5 nitrogen and oxygen atoms in total. The number of aromatic nitrogens is 4. The smallest absolute Gasteiger partial charge is 0.203 e. The van der Waals surface area contributed by atoms with E-state index in [1.165, 1.54) is 4.88 Å². The van der Waals surface area contributed by atoms with Crippen molar-refractivity contribution < 1.29 is 0 Å². The van der Waals surface area contributed by atoms with E-state index >= 15 is 0 Å². The lowest BCUT2D eigenvalue weighted by Crippen LogP contribution is -2.10. The Labute approximate surface area is 121 Å². The minimum Gasteiger partial charge on any atom is -0.369 e. The molecule has 0 amide bonds. The van der Waals surface area contributed by atoms with Gasteiger partial charge in [-0.1, -0.05) is 0 Å². The van der Waals surface area contributed by atoms with E-state index in [2.05, 4.69) is 21.9 Å². The number of nitrogen functional groups attached to an aromatic ring is 1. The summed E-state index contributed by atoms with van der Waals surface area (Å²) in [5, 5.41) is 1.07. The summed E-state index contributed by atoms with van der Waals surface area (Å²) in [6.45, 7) is 8.18. The SMILES string of the molecule is Cc1nc(C)c(C(C)n2c(N)nc3c(C)ccnc32)s1. The molecule has 3 rings (SSSR count). The van der Waals surface area contributed by atoms with Crippen LogP contribution in [0.5, 0.6) is 0 Å². The van der Waals surface area contributed by atoms with Crippen LogP contribution < -0.4 is 5.73 Å². The van der Waals surface area contributed by atoms with Gasteiger partial charge in [0, 0.05) is 6.20 Å². The summed E-state index contributed by atoms with van der Waals surface area (Å²) in [5.41, 5.74) is 9.96. The molecular weight excluding hydrogens is 270 g/mol. The summed E-state index contributed by atoms with van der Waals surface area (Å²) in [4.78, 5) is 14.6. The highest BCUT2D eigenvalue weighted by atomic mass is 32.1. The number of hydrogen-bond acceptors (Lipinski definition) is 5. The third-order valence-electron chi connectivity index (χ3n) is 3.51. The second-order valence-electron chi connectivity index (χ2n) is 5.00. The van der Waals surface area contributed by atoms with Gasteiger partial charge in [0.2, 0.25) is 5.95 Å². The summed E-state index contributed by atoms with van der Waals surface area (Å²) < 4.78 is 1.99. The molecule has 0 spiro atoms. The van der Waals surface area contributed by atoms with Crippen LogP contribution in [0.2, 0.25) is 0 Å². The predicted octanol–water partition coefficient (Wildman–Crippen LogP) is 3.00. The first kappa shape index (κ1) is 13.1. The molecule has 3 aromatic heterocycles. The highest BCUT2D eigenvalue weighted by Gasteiger charge is 2.21. The van der Waals surface area contributed by atoms with Gasteiger partial charge in [0.25, 0.3) is 0 Å². The maximum Gasteiger partial charge on any atom is 0.203 e. The van der Waals surface area contributed by atoms with Gasteiger partial charge in [-0.15, -0.1) is 11.3 Å². The van der Waals surface area contributed by atoms with Gasteiger partial charge in [-0.05, 0) is 39.3 Å². The zero-order valence-electron chi connectivity index (χ0n) is 12.0. The zero-order chi connectivity index (χ0) is 14.4. The van der Waals surface area contributed by atoms with Crippen molar-refractivity contribution in [2.45, 2.75) is 33.7 Å². The summed E-state index contributed by atoms with van der Waals surface area (Å²) >= 11 is 1.70. The Bertz CT molecular complexity index is 786. The van der Waals surface area contributed by atoms with Gasteiger partial charge in [0.05, 0.1) is 21.6 Å². The van der Waals surface area contributed by atoms with Crippen LogP contribution in [0.1, 0.15) is 34.1 Å². The molecule has 1 atom stereocenters. The van der Waals surface area contributed by atoms with E-state index in [1.807, 2.05) is 31.4 Å². The standard InChI is InChI=1S/C14H17N5S/c1-7-5-6-16-13-11(7)18-14(15)19(13)9(3)12-8(2)17-10(4)20-12/h5-6,9H,1-4H3,(H2,15,18). The van der Waals surface area contributed by atoms with Crippen LogP contribution >= 0.6 is 11.3 Å². The quantitative estimate of drug-likeness (QED) is 0.786. The number of imidazole rings is 1. The Kier molecular flexibility index (Phi) is 2.97. The lowest BCUT2D eigenvalue weighted by molar-refractivity contribution is 0.668. The molecule has 0 aromatic carbocycles. The molecule has 3 aromatic rings. The maximum atomic E-state index is 6.11. The van der Waals surface area contributed by atoms with Crippen LogP contribution in [0.3, 0.4) is 0 Å². The Balaban J connectivity index is 2.21. The monoisotopic (exact) mass is 287 g/mol. The molecule has 104 valence electrons. The van der Waals surface area contributed by atoms with E-state index in [4.69, 9.17) is 5.73 Å². The third kappa shape index (κ3) is 1.87. The average molecular weight is 287 g/mol. The Hall–Kier alpha value is -1.95. The molecule has 0 saturated carbocycles. The van der Waals surface area contributed by atoms with Crippen molar-refractivity contribution in [1.82, 2.24) is 19.5 Å². The molecule has 6 heteroatoms. The Morgan fingerprint density at radius 3 is 2.65 bits per heavy atom. The highest BCUT2D eigenvalue weighted by molar-refractivity contribution is 7.11. The van der Waals surface area contributed by atoms with Crippen molar-refractivity contribution in [1.29, 1.82) is 0 Å². The van der Waals surface area contributed by atoms with Crippen molar-refractivity contribution in [3.63, 3.8) is 0 Å². The summed E-state index contributed by atoms with van der Waals surface area (Å²) in [6.07, 6.45) is 1.80. The molecule has 0 fully saturated rings. The number of anilines is 1. The first-order valence-electron chi connectivity index (χ1n) is 6.52. The fraction of sp³-hybridized carbons (Fsp3) is 0.357. The molecule has 0 aliphatic heterocycles. The average Bonchev–Trinajstić information content (AvgIpc) is 2.89. The van der Waals surface area contributed by atoms with E-state index in [0.717, 1.165) is 27.4 Å². The zero-order valence-corrected chi connectivity index (χ0v) is 12.8. The third-order valence-corrected chi connectivity index (χ3v) is 4.76. The van der Waals surface area contributed by atoms with Gasteiger partial charge in [0.1, 0.15) is 5.52 Å². The van der Waals surface area contributed by atoms with E-state index in [9.17, 15) is 0 Å². The van der Waals surface area contributed by atoms with E-state index in [-0.39, 0.29) is 6.04 Å². The number of nitrogens with zero attached hydrogens (tertiary/aromatic N) is 4.